The van der Waals surface area contributed by atoms with Crippen molar-refractivity contribution >= 4 is 30.3 Å². The minimum atomic E-state index is -1.18. The summed E-state index contributed by atoms with van der Waals surface area (Å²) in [7, 11) is 5.13. The Morgan fingerprint density at radius 1 is 1.09 bits per heavy atom. The van der Waals surface area contributed by atoms with E-state index in [0.717, 1.165) is 37.0 Å². The van der Waals surface area contributed by atoms with E-state index in [1.165, 1.54) is 11.9 Å². The summed E-state index contributed by atoms with van der Waals surface area (Å²) in [6, 6.07) is -0.524. The maximum atomic E-state index is 12.9. The topological polar surface area (TPSA) is 60.9 Å². The molecule has 1 unspecified atom stereocenters. The predicted octanol–water partition coefficient (Wildman–Crippen LogP) is 1.73. The normalized spacial score (nSPS) is 27.4. The van der Waals surface area contributed by atoms with Crippen molar-refractivity contribution in [2.45, 2.75) is 45.1 Å². The molecule has 0 radical (unpaired) electrons. The van der Waals surface area contributed by atoms with Gasteiger partial charge in [0.05, 0.1) is 0 Å². The third-order valence-electron chi connectivity index (χ3n) is 4.53. The molecule has 2 aliphatic rings. The number of carbonyl (C=O) groups is 3. The Bertz CT molecular complexity index is 463. The van der Waals surface area contributed by atoms with Crippen molar-refractivity contribution in [3.05, 3.63) is 0 Å². The zero-order valence-corrected chi connectivity index (χ0v) is 14.6. The second-order valence-corrected chi connectivity index (χ2v) is 6.68. The Morgan fingerprint density at radius 3 is 2.14 bits per heavy atom. The highest BCUT2D eigenvalue weighted by molar-refractivity contribution is 6.19. The molecule has 7 heteroatoms. The summed E-state index contributed by atoms with van der Waals surface area (Å²) in [6.07, 6.45) is 4.90. The van der Waals surface area contributed by atoms with Crippen molar-refractivity contribution in [3.63, 3.8) is 0 Å². The maximum absolute atomic E-state index is 12.9. The van der Waals surface area contributed by atoms with E-state index in [1.54, 1.807) is 6.92 Å². The number of amides is 4. The van der Waals surface area contributed by atoms with Gasteiger partial charge < -0.3 is 4.90 Å². The van der Waals surface area contributed by atoms with Gasteiger partial charge in [-0.2, -0.15) is 0 Å². The molecule has 0 N–H and O–H groups in total. The van der Waals surface area contributed by atoms with E-state index in [1.807, 2.05) is 19.0 Å². The van der Waals surface area contributed by atoms with Gasteiger partial charge in [-0.15, -0.1) is 12.4 Å². The van der Waals surface area contributed by atoms with Crippen molar-refractivity contribution in [2.24, 2.45) is 5.41 Å². The number of barbiturate groups is 1. The molecule has 0 spiro atoms. The van der Waals surface area contributed by atoms with Crippen molar-refractivity contribution < 1.29 is 14.4 Å². The molecule has 2 fully saturated rings. The van der Waals surface area contributed by atoms with Gasteiger partial charge in [0.2, 0.25) is 11.8 Å². The lowest BCUT2D eigenvalue weighted by Crippen LogP contribution is -2.67. The predicted molar refractivity (Wildman–Crippen MR) is 85.8 cm³/mol. The van der Waals surface area contributed by atoms with E-state index < -0.39 is 17.4 Å². The van der Waals surface area contributed by atoms with Gasteiger partial charge in [0.1, 0.15) is 5.41 Å². The van der Waals surface area contributed by atoms with Gasteiger partial charge >= 0.3 is 6.03 Å². The fourth-order valence-corrected chi connectivity index (χ4v) is 3.49. The van der Waals surface area contributed by atoms with Crippen LogP contribution in [-0.2, 0) is 9.59 Å². The first kappa shape index (κ1) is 18.9. The Kier molecular flexibility index (Phi) is 5.98. The fraction of sp³-hybridized carbons (Fsp3) is 0.800. The van der Waals surface area contributed by atoms with Gasteiger partial charge in [0, 0.05) is 19.6 Å². The van der Waals surface area contributed by atoms with Gasteiger partial charge in [-0.25, -0.2) is 4.79 Å². The van der Waals surface area contributed by atoms with Crippen LogP contribution >= 0.6 is 12.4 Å². The molecular weight excluding hydrogens is 306 g/mol. The summed E-state index contributed by atoms with van der Waals surface area (Å²) >= 11 is 0. The van der Waals surface area contributed by atoms with Gasteiger partial charge in [0.15, 0.2) is 0 Å². The summed E-state index contributed by atoms with van der Waals surface area (Å²) in [4.78, 5) is 42.0. The molecule has 126 valence electrons. The standard InChI is InChI=1S/C15H25N3O3.ClH/c1-15(10-16(2)3)12(19)17(4)14(21)18(13(15)20)11-8-6-5-7-9-11;/h11H,5-10H2,1-4H3;1H. The van der Waals surface area contributed by atoms with E-state index in [4.69, 9.17) is 0 Å². The molecule has 1 aliphatic heterocycles. The van der Waals surface area contributed by atoms with Crippen LogP contribution in [0.25, 0.3) is 0 Å². The Hall–Kier alpha value is -1.14. The number of urea groups is 1. The smallest absolute Gasteiger partial charge is 0.308 e. The number of hydrogen-bond acceptors (Lipinski definition) is 4. The molecule has 1 heterocycles. The maximum Gasteiger partial charge on any atom is 0.333 e. The fourth-order valence-electron chi connectivity index (χ4n) is 3.49. The van der Waals surface area contributed by atoms with Crippen LogP contribution in [-0.4, -0.2) is 66.3 Å². The van der Waals surface area contributed by atoms with Crippen LogP contribution in [0, 0.1) is 5.41 Å². The molecule has 2 rings (SSSR count). The Morgan fingerprint density at radius 2 is 1.64 bits per heavy atom. The summed E-state index contributed by atoms with van der Waals surface area (Å²) < 4.78 is 0. The second-order valence-electron chi connectivity index (χ2n) is 6.68. The first-order chi connectivity index (χ1) is 9.79. The number of rotatable bonds is 3. The molecule has 22 heavy (non-hydrogen) atoms. The molecule has 0 bridgehead atoms. The van der Waals surface area contributed by atoms with Crippen molar-refractivity contribution in [1.29, 1.82) is 0 Å². The quantitative estimate of drug-likeness (QED) is 0.739. The SMILES string of the molecule is CN(C)CC1(C)C(=O)N(C)C(=O)N(C2CCCCC2)C1=O.Cl. The molecule has 0 aromatic heterocycles. The minimum Gasteiger partial charge on any atom is -0.308 e. The Balaban J connectivity index is 0.00000242. The summed E-state index contributed by atoms with van der Waals surface area (Å²) in [6.45, 7) is 1.96. The monoisotopic (exact) mass is 331 g/mol. The first-order valence-electron chi connectivity index (χ1n) is 7.59. The molecule has 1 saturated heterocycles. The van der Waals surface area contributed by atoms with Crippen molar-refractivity contribution in [3.8, 4) is 0 Å². The van der Waals surface area contributed by atoms with Crippen molar-refractivity contribution in [1.82, 2.24) is 14.7 Å². The van der Waals surface area contributed by atoms with E-state index in [9.17, 15) is 14.4 Å². The summed E-state index contributed by atoms with van der Waals surface area (Å²) in [5.41, 5.74) is -1.18. The van der Waals surface area contributed by atoms with Gasteiger partial charge in [-0.3, -0.25) is 19.4 Å². The third kappa shape index (κ3) is 3.13. The third-order valence-corrected chi connectivity index (χ3v) is 4.53. The number of carbonyl (C=O) groups excluding carboxylic acids is 3. The molecule has 1 saturated carbocycles. The number of nitrogens with zero attached hydrogens (tertiary/aromatic N) is 3. The first-order valence-corrected chi connectivity index (χ1v) is 7.59. The average Bonchev–Trinajstić information content (AvgIpc) is 2.44. The number of hydrogen-bond donors (Lipinski definition) is 0. The molecule has 6 nitrogen and oxygen atoms in total. The summed E-state index contributed by atoms with van der Waals surface area (Å²) in [5, 5.41) is 0. The highest BCUT2D eigenvalue weighted by atomic mass is 35.5. The molecule has 0 aromatic rings. The molecular formula is C15H26ClN3O3. The van der Waals surface area contributed by atoms with Crippen LogP contribution in [0.1, 0.15) is 39.0 Å². The lowest BCUT2D eigenvalue weighted by atomic mass is 9.83. The highest BCUT2D eigenvalue weighted by Crippen LogP contribution is 2.34. The van der Waals surface area contributed by atoms with E-state index >= 15 is 0 Å². The highest BCUT2D eigenvalue weighted by Gasteiger charge is 2.55. The Labute approximate surface area is 138 Å². The van der Waals surface area contributed by atoms with E-state index in [-0.39, 0.29) is 24.4 Å². The lowest BCUT2D eigenvalue weighted by Gasteiger charge is -2.45. The van der Waals surface area contributed by atoms with E-state index in [0.29, 0.717) is 6.54 Å². The zero-order valence-electron chi connectivity index (χ0n) is 13.8. The van der Waals surface area contributed by atoms with Gasteiger partial charge in [-0.05, 0) is 33.9 Å². The van der Waals surface area contributed by atoms with Crippen LogP contribution in [0.3, 0.4) is 0 Å². The van der Waals surface area contributed by atoms with Crippen LogP contribution < -0.4 is 0 Å². The van der Waals surface area contributed by atoms with E-state index in [2.05, 4.69) is 0 Å². The average molecular weight is 332 g/mol. The molecule has 0 aromatic carbocycles. The number of halogens is 1. The molecule has 1 aliphatic carbocycles. The zero-order chi connectivity index (χ0) is 15.8. The summed E-state index contributed by atoms with van der Waals surface area (Å²) in [5.74, 6) is -0.741. The van der Waals surface area contributed by atoms with Crippen LogP contribution in [0.5, 0.6) is 0 Å². The largest absolute Gasteiger partial charge is 0.333 e. The molecule has 4 amide bonds. The molecule has 1 atom stereocenters. The van der Waals surface area contributed by atoms with Crippen LogP contribution in [0.15, 0.2) is 0 Å². The van der Waals surface area contributed by atoms with Gasteiger partial charge in [-0.1, -0.05) is 19.3 Å². The van der Waals surface area contributed by atoms with Crippen molar-refractivity contribution in [2.75, 3.05) is 27.7 Å². The number of imide groups is 2. The second kappa shape index (κ2) is 6.96. The van der Waals surface area contributed by atoms with Crippen LogP contribution in [0.2, 0.25) is 0 Å². The minimum absolute atomic E-state index is 0. The van der Waals surface area contributed by atoms with Crippen LogP contribution in [0.4, 0.5) is 4.79 Å². The van der Waals surface area contributed by atoms with Gasteiger partial charge in [0.25, 0.3) is 0 Å². The lowest BCUT2D eigenvalue weighted by molar-refractivity contribution is -0.159.